The monoisotopic (exact) mass is 186 g/mol. The van der Waals surface area contributed by atoms with Crippen LogP contribution in [0.2, 0.25) is 0 Å². The van der Waals surface area contributed by atoms with Gasteiger partial charge in [-0.1, -0.05) is 30.3 Å². The lowest BCUT2D eigenvalue weighted by Crippen LogP contribution is -2.42. The van der Waals surface area contributed by atoms with Crippen LogP contribution in [0.3, 0.4) is 0 Å². The van der Waals surface area contributed by atoms with Gasteiger partial charge < -0.3 is 11.1 Å². The Morgan fingerprint density at radius 1 is 1.29 bits per heavy atom. The Morgan fingerprint density at radius 2 is 2.14 bits per heavy atom. The molecule has 0 bridgehead atoms. The van der Waals surface area contributed by atoms with Gasteiger partial charge in [0.2, 0.25) is 0 Å². The van der Waals surface area contributed by atoms with Gasteiger partial charge in [0.05, 0.1) is 0 Å². The van der Waals surface area contributed by atoms with Gasteiger partial charge in [-0.25, -0.2) is 0 Å². The van der Waals surface area contributed by atoms with Crippen molar-refractivity contribution < 1.29 is 0 Å². The topological polar surface area (TPSA) is 38.0 Å². The van der Waals surface area contributed by atoms with E-state index in [0.29, 0.717) is 5.92 Å². The van der Waals surface area contributed by atoms with E-state index in [4.69, 9.17) is 5.73 Å². The van der Waals surface area contributed by atoms with Crippen molar-refractivity contribution in [3.63, 3.8) is 0 Å². The van der Waals surface area contributed by atoms with Gasteiger partial charge in [0.15, 0.2) is 0 Å². The zero-order valence-corrected chi connectivity index (χ0v) is 8.03. The number of hydrogen-bond acceptors (Lipinski definition) is 2. The van der Waals surface area contributed by atoms with Gasteiger partial charge in [0, 0.05) is 29.4 Å². The molecule has 2 heteroatoms. The minimum atomic E-state index is 0.190. The van der Waals surface area contributed by atoms with Crippen molar-refractivity contribution in [2.75, 3.05) is 6.54 Å². The fourth-order valence-corrected chi connectivity index (χ4v) is 2.53. The first-order valence-corrected chi connectivity index (χ1v) is 5.17. The molecule has 0 saturated carbocycles. The number of nitrogens with two attached hydrogens (primary N) is 1. The minimum Gasteiger partial charge on any atom is -0.388 e. The second-order valence-electron chi connectivity index (χ2n) is 4.07. The molecule has 0 spiro atoms. The molecular weight excluding hydrogens is 172 g/mol. The molecule has 1 aromatic carbocycles. The molecule has 1 heterocycles. The highest BCUT2D eigenvalue weighted by molar-refractivity contribution is 5.57. The number of rotatable bonds is 0. The van der Waals surface area contributed by atoms with Crippen LogP contribution >= 0.6 is 0 Å². The molecule has 2 atom stereocenters. The van der Waals surface area contributed by atoms with E-state index < -0.39 is 0 Å². The summed E-state index contributed by atoms with van der Waals surface area (Å²) in [7, 11) is 0. The summed E-state index contributed by atoms with van der Waals surface area (Å²) in [6.07, 6.45) is 3.36. The van der Waals surface area contributed by atoms with Crippen molar-refractivity contribution >= 4 is 11.8 Å². The Bertz CT molecular complexity index is 475. The third-order valence-corrected chi connectivity index (χ3v) is 3.23. The quantitative estimate of drug-likeness (QED) is 0.574. The van der Waals surface area contributed by atoms with Crippen molar-refractivity contribution in [3.05, 3.63) is 34.7 Å². The molecule has 1 aliphatic carbocycles. The summed E-state index contributed by atoms with van der Waals surface area (Å²) in [5, 5.41) is 6.08. The predicted molar refractivity (Wildman–Crippen MR) is 57.7 cm³/mol. The molecule has 2 unspecified atom stereocenters. The second-order valence-corrected chi connectivity index (χ2v) is 4.07. The maximum absolute atomic E-state index is 6.12. The van der Waals surface area contributed by atoms with E-state index in [2.05, 4.69) is 35.7 Å². The molecule has 72 valence electrons. The van der Waals surface area contributed by atoms with Crippen molar-refractivity contribution in [1.82, 2.24) is 5.32 Å². The van der Waals surface area contributed by atoms with Gasteiger partial charge in [0.1, 0.15) is 0 Å². The first-order chi connectivity index (χ1) is 6.86. The number of hydrogen-bond donors (Lipinski definition) is 2. The van der Waals surface area contributed by atoms with E-state index in [1.54, 1.807) is 0 Å². The molecule has 0 radical (unpaired) electrons. The third-order valence-electron chi connectivity index (χ3n) is 3.23. The van der Waals surface area contributed by atoms with Crippen LogP contribution in [0.15, 0.2) is 24.3 Å². The average Bonchev–Trinajstić information content (AvgIpc) is 2.67. The van der Waals surface area contributed by atoms with Gasteiger partial charge in [-0.05, 0) is 11.6 Å². The van der Waals surface area contributed by atoms with E-state index >= 15 is 0 Å². The van der Waals surface area contributed by atoms with Crippen molar-refractivity contribution in [1.29, 1.82) is 0 Å². The van der Waals surface area contributed by atoms with Crippen LogP contribution in [0.1, 0.15) is 6.42 Å². The lowest BCUT2D eigenvalue weighted by atomic mass is 9.90. The first-order valence-electron chi connectivity index (χ1n) is 5.17. The number of fused-ring (bicyclic) bond motifs is 2. The summed E-state index contributed by atoms with van der Waals surface area (Å²) >= 11 is 0. The van der Waals surface area contributed by atoms with Crippen LogP contribution in [0.5, 0.6) is 0 Å². The van der Waals surface area contributed by atoms with Crippen molar-refractivity contribution in [3.8, 4) is 0 Å². The van der Waals surface area contributed by atoms with Crippen molar-refractivity contribution in [2.45, 2.75) is 12.5 Å². The fraction of sp³-hybridized carbons (Fsp3) is 0.333. The molecule has 2 aliphatic rings. The fourth-order valence-electron chi connectivity index (χ4n) is 2.53. The smallest absolute Gasteiger partial charge is 0.0317 e. The number of benzene rings is 1. The van der Waals surface area contributed by atoms with Gasteiger partial charge >= 0.3 is 0 Å². The zero-order valence-electron chi connectivity index (χ0n) is 8.03. The van der Waals surface area contributed by atoms with Gasteiger partial charge in [-0.15, -0.1) is 0 Å². The van der Waals surface area contributed by atoms with E-state index in [9.17, 15) is 0 Å². The molecule has 3 N–H and O–H groups in total. The van der Waals surface area contributed by atoms with E-state index in [0.717, 1.165) is 6.54 Å². The van der Waals surface area contributed by atoms with Crippen LogP contribution < -0.4 is 21.5 Å². The highest BCUT2D eigenvalue weighted by Gasteiger charge is 2.27. The lowest BCUT2D eigenvalue weighted by molar-refractivity contribution is 0.611. The molecule has 0 amide bonds. The van der Waals surface area contributed by atoms with Gasteiger partial charge in [-0.2, -0.15) is 0 Å². The molecule has 1 saturated heterocycles. The Labute approximate surface area is 83.1 Å². The third kappa shape index (κ3) is 1.01. The highest BCUT2D eigenvalue weighted by atomic mass is 14.9. The summed E-state index contributed by atoms with van der Waals surface area (Å²) in [6.45, 7) is 1.07. The van der Waals surface area contributed by atoms with Crippen LogP contribution in [-0.4, -0.2) is 12.6 Å². The average molecular weight is 186 g/mol. The maximum Gasteiger partial charge on any atom is 0.0317 e. The van der Waals surface area contributed by atoms with Crippen LogP contribution in [0.25, 0.3) is 11.8 Å². The zero-order chi connectivity index (χ0) is 9.54. The van der Waals surface area contributed by atoms with Crippen LogP contribution in [0.4, 0.5) is 0 Å². The molecule has 3 rings (SSSR count). The maximum atomic E-state index is 6.12. The summed E-state index contributed by atoms with van der Waals surface area (Å²) in [4.78, 5) is 0. The SMILES string of the molecule is NC1C=c2ccccc2=C2NCCC21. The summed E-state index contributed by atoms with van der Waals surface area (Å²) in [5.74, 6) is 0.518. The van der Waals surface area contributed by atoms with Crippen LogP contribution in [0, 0.1) is 5.92 Å². The molecule has 0 aromatic heterocycles. The van der Waals surface area contributed by atoms with E-state index in [-0.39, 0.29) is 6.04 Å². The van der Waals surface area contributed by atoms with Gasteiger partial charge in [-0.3, -0.25) is 0 Å². The predicted octanol–water partition coefficient (Wildman–Crippen LogP) is -0.474. The molecule has 1 fully saturated rings. The largest absolute Gasteiger partial charge is 0.388 e. The Balaban J connectivity index is 2.37. The van der Waals surface area contributed by atoms with Gasteiger partial charge in [0.25, 0.3) is 0 Å². The summed E-state index contributed by atoms with van der Waals surface area (Å²) in [6, 6.07) is 8.66. The summed E-state index contributed by atoms with van der Waals surface area (Å²) < 4.78 is 0. The molecule has 14 heavy (non-hydrogen) atoms. The Hall–Kier alpha value is -1.28. The second kappa shape index (κ2) is 2.85. The highest BCUT2D eigenvalue weighted by Crippen LogP contribution is 2.23. The number of nitrogens with one attached hydrogen (secondary N) is 1. The minimum absolute atomic E-state index is 0.190. The molecular formula is C12H14N2. The Kier molecular flexibility index (Phi) is 1.64. The normalized spacial score (nSPS) is 28.8. The van der Waals surface area contributed by atoms with E-state index in [1.807, 2.05) is 0 Å². The molecule has 1 aromatic rings. The van der Waals surface area contributed by atoms with E-state index in [1.165, 1.54) is 22.6 Å². The van der Waals surface area contributed by atoms with Crippen LogP contribution in [-0.2, 0) is 0 Å². The van der Waals surface area contributed by atoms with Crippen molar-refractivity contribution in [2.24, 2.45) is 11.7 Å². The molecule has 1 aliphatic heterocycles. The lowest BCUT2D eigenvalue weighted by Gasteiger charge is -2.20. The summed E-state index contributed by atoms with van der Waals surface area (Å²) in [5.41, 5.74) is 7.48. The molecule has 2 nitrogen and oxygen atoms in total. The standard InChI is InChI=1S/C12H14N2/c13-11-7-8-3-1-2-4-9(8)12-10(11)5-6-14-12/h1-4,7,10-11,14H,5-6,13H2. The first kappa shape index (κ1) is 8.06. The Morgan fingerprint density at radius 3 is 3.07 bits per heavy atom.